The van der Waals surface area contributed by atoms with Crippen LogP contribution in [0.25, 0.3) is 10.8 Å². The Bertz CT molecular complexity index is 2220. The van der Waals surface area contributed by atoms with E-state index in [1.54, 1.807) is 25.1 Å². The third-order valence-corrected chi connectivity index (χ3v) is 14.9. The molecule has 1 aromatic carbocycles. The zero-order chi connectivity index (χ0) is 44.8. The molecule has 0 bridgehead atoms. The van der Waals surface area contributed by atoms with Gasteiger partial charge in [-0.1, -0.05) is 26.0 Å². The van der Waals surface area contributed by atoms with Gasteiger partial charge in [0.05, 0.1) is 20.3 Å². The highest BCUT2D eigenvalue weighted by atomic mass is 32.2. The number of benzene rings is 1. The van der Waals surface area contributed by atoms with Crippen molar-refractivity contribution in [2.75, 3.05) is 26.9 Å². The van der Waals surface area contributed by atoms with Gasteiger partial charge in [-0.3, -0.25) is 19.1 Å². The molecule has 340 valence electrons. The van der Waals surface area contributed by atoms with Crippen molar-refractivity contribution >= 4 is 44.6 Å². The van der Waals surface area contributed by atoms with E-state index in [1.807, 2.05) is 11.6 Å². The number of allylic oxidation sites excluding steroid dienone is 1. The summed E-state index contributed by atoms with van der Waals surface area (Å²) in [4.78, 5) is 62.2. The number of methoxy groups -OCH3 is 1. The number of sulfonamides is 1. The Hall–Kier alpha value is -4.79. The highest BCUT2D eigenvalue weighted by Crippen LogP contribution is 2.48. The molecule has 2 unspecified atom stereocenters. The molecule has 2 saturated carbocycles. The fraction of sp³-hybridized carbons (Fsp3) is 0.634. The average molecular weight is 900 g/mol. The molecule has 2 aromatic rings. The quantitative estimate of drug-likeness (QED) is 0.224. The first kappa shape index (κ1) is 45.2. The topological polar surface area (TPSA) is 192 Å². The molecule has 21 heteroatoms. The Balaban J connectivity index is 1.23. The zero-order valence-electron chi connectivity index (χ0n) is 34.4. The molecule has 3 aliphatic heterocycles. The van der Waals surface area contributed by atoms with Crippen LogP contribution in [-0.4, -0.2) is 109 Å². The van der Waals surface area contributed by atoms with Crippen LogP contribution >= 0.6 is 0 Å². The van der Waals surface area contributed by atoms with Gasteiger partial charge >= 0.3 is 18.1 Å². The SMILES string of the molecule is COc1cc2ccnc(O[C@@H]3C[C@H]4C(=O)N[C@]5(C(=O)NS(=O)(=O)C6(CF)CC6)CC5/C=C\CC[C@H](C)C[C@@H](C)[C@H](NC(=O)OC5(C(F)(F)F)CCCCO5)C(=O)N4C3)c2cc1F. The summed E-state index contributed by atoms with van der Waals surface area (Å²) < 4.78 is 120. The van der Waals surface area contributed by atoms with E-state index < -0.39 is 105 Å². The standard InChI is InChI=1S/C41H50F5N5O10S/c1-23-8-4-5-9-26-20-39(26,36(54)50-62(56,57)38(22-42)12-13-38)49-33(52)30-18-27(60-34-28-19-29(43)31(58-3)17-25(28)10-14-47-34)21-51(30)35(53)32(24(2)16-23)48-37(55)61-40(41(44,45)46)11-6-7-15-59-40/h5,9-10,14,17,19,23-24,26-27,30,32H,4,6-8,11-13,15-16,18,20-22H2,1-3H3,(H,48,55)(H,49,52)(H,50,54)/b9-5-/t23-,24+,26?,27+,30-,32-,39+,40?/m0/s1. The molecule has 0 radical (unpaired) electrons. The lowest BCUT2D eigenvalue weighted by molar-refractivity contribution is -0.372. The smallest absolute Gasteiger partial charge is 0.455 e. The molecule has 2 saturated heterocycles. The third-order valence-electron chi connectivity index (χ3n) is 12.7. The van der Waals surface area contributed by atoms with Gasteiger partial charge in [0, 0.05) is 30.3 Å². The van der Waals surface area contributed by atoms with Crippen LogP contribution in [0, 0.1) is 23.6 Å². The van der Waals surface area contributed by atoms with Crippen LogP contribution in [-0.2, 0) is 33.9 Å². The monoisotopic (exact) mass is 899 g/mol. The molecular formula is C41H50F5N5O10S. The Kier molecular flexibility index (Phi) is 12.4. The number of carbonyl (C=O) groups excluding carboxylic acids is 4. The largest absolute Gasteiger partial charge is 0.494 e. The van der Waals surface area contributed by atoms with Crippen molar-refractivity contribution in [2.24, 2.45) is 17.8 Å². The van der Waals surface area contributed by atoms with Crippen LogP contribution in [0.1, 0.15) is 78.1 Å². The van der Waals surface area contributed by atoms with Gasteiger partial charge in [0.1, 0.15) is 35.1 Å². The number of hydrogen-bond acceptors (Lipinski definition) is 11. The van der Waals surface area contributed by atoms with Crippen molar-refractivity contribution < 1.29 is 68.5 Å². The average Bonchev–Trinajstić information content (AvgIpc) is 4.12. The van der Waals surface area contributed by atoms with E-state index in [1.165, 1.54) is 19.4 Å². The van der Waals surface area contributed by atoms with Gasteiger partial charge in [0.25, 0.3) is 5.91 Å². The molecule has 2 aliphatic carbocycles. The summed E-state index contributed by atoms with van der Waals surface area (Å²) in [5, 5.41) is 5.75. The van der Waals surface area contributed by atoms with E-state index >= 15 is 0 Å². The van der Waals surface area contributed by atoms with Gasteiger partial charge in [0.15, 0.2) is 11.6 Å². The second-order valence-corrected chi connectivity index (χ2v) is 19.3. The van der Waals surface area contributed by atoms with E-state index in [2.05, 4.69) is 15.6 Å². The third kappa shape index (κ3) is 8.74. The molecule has 5 aliphatic rings. The number of aromatic nitrogens is 1. The molecule has 4 fully saturated rings. The predicted molar refractivity (Wildman–Crippen MR) is 210 cm³/mol. The van der Waals surface area contributed by atoms with Crippen molar-refractivity contribution in [2.45, 2.75) is 118 Å². The molecule has 15 nitrogen and oxygen atoms in total. The van der Waals surface area contributed by atoms with E-state index in [-0.39, 0.29) is 74.6 Å². The Morgan fingerprint density at radius 2 is 1.87 bits per heavy atom. The number of nitrogens with zero attached hydrogens (tertiary/aromatic N) is 2. The van der Waals surface area contributed by atoms with E-state index in [0.29, 0.717) is 24.6 Å². The first-order valence-corrected chi connectivity index (χ1v) is 22.2. The summed E-state index contributed by atoms with van der Waals surface area (Å²) in [6.45, 7) is 1.63. The summed E-state index contributed by atoms with van der Waals surface area (Å²) in [6, 6.07) is 1.13. The second-order valence-electron chi connectivity index (χ2n) is 17.2. The normalized spacial score (nSPS) is 31.9. The number of halogens is 5. The summed E-state index contributed by atoms with van der Waals surface area (Å²) in [5.74, 6) is -8.51. The lowest BCUT2D eigenvalue weighted by Gasteiger charge is -2.38. The number of amides is 4. The first-order valence-electron chi connectivity index (χ1n) is 20.7. The summed E-state index contributed by atoms with van der Waals surface area (Å²) in [5.41, 5.74) is -1.82. The number of ether oxygens (including phenoxy) is 4. The fourth-order valence-electron chi connectivity index (χ4n) is 8.74. The molecule has 4 amide bonds. The Morgan fingerprint density at radius 3 is 2.53 bits per heavy atom. The van der Waals surface area contributed by atoms with Gasteiger partial charge < -0.3 is 34.5 Å². The maximum Gasteiger partial charge on any atom is 0.455 e. The van der Waals surface area contributed by atoms with Gasteiger partial charge in [-0.05, 0) is 86.8 Å². The van der Waals surface area contributed by atoms with Crippen LogP contribution in [0.3, 0.4) is 0 Å². The van der Waals surface area contributed by atoms with Crippen molar-refractivity contribution in [1.29, 1.82) is 0 Å². The molecule has 8 atom stereocenters. The fourth-order valence-corrected chi connectivity index (χ4v) is 10.2. The molecule has 4 heterocycles. The Morgan fingerprint density at radius 1 is 1.11 bits per heavy atom. The summed E-state index contributed by atoms with van der Waals surface area (Å²) in [6.07, 6.45) is -2.15. The number of rotatable bonds is 9. The summed E-state index contributed by atoms with van der Waals surface area (Å²) in [7, 11) is -3.20. The lowest BCUT2D eigenvalue weighted by Crippen LogP contribution is -2.60. The van der Waals surface area contributed by atoms with Crippen molar-refractivity contribution in [1.82, 2.24) is 25.2 Å². The molecule has 0 spiro atoms. The van der Waals surface area contributed by atoms with Gasteiger partial charge in [-0.25, -0.2) is 27.0 Å². The number of alkyl halides is 4. The van der Waals surface area contributed by atoms with Gasteiger partial charge in [-0.15, -0.1) is 0 Å². The number of pyridine rings is 1. The van der Waals surface area contributed by atoms with Crippen LogP contribution in [0.4, 0.5) is 26.7 Å². The Labute approximate surface area is 354 Å². The molecule has 1 aromatic heterocycles. The van der Waals surface area contributed by atoms with Crippen molar-refractivity contribution in [3.8, 4) is 11.6 Å². The van der Waals surface area contributed by atoms with E-state index in [0.717, 1.165) is 11.0 Å². The molecule has 7 rings (SSSR count). The number of alkyl carbamates (subject to hydrolysis) is 1. The zero-order valence-corrected chi connectivity index (χ0v) is 35.2. The maximum absolute atomic E-state index is 14.9. The molecular weight excluding hydrogens is 850 g/mol. The predicted octanol–water partition coefficient (Wildman–Crippen LogP) is 5.12. The molecule has 62 heavy (non-hydrogen) atoms. The number of fused-ring (bicyclic) bond motifs is 3. The van der Waals surface area contributed by atoms with Gasteiger partial charge in [-0.2, -0.15) is 13.2 Å². The van der Waals surface area contributed by atoms with Crippen LogP contribution in [0.15, 0.2) is 36.5 Å². The number of carbonyl (C=O) groups is 4. The minimum absolute atomic E-state index is 0.00461. The highest BCUT2D eigenvalue weighted by molar-refractivity contribution is 7.91. The minimum atomic E-state index is -5.11. The summed E-state index contributed by atoms with van der Waals surface area (Å²) >= 11 is 0. The molecule has 3 N–H and O–H groups in total. The maximum atomic E-state index is 14.9. The number of nitrogens with one attached hydrogen (secondary N) is 3. The van der Waals surface area contributed by atoms with E-state index in [4.69, 9.17) is 18.9 Å². The van der Waals surface area contributed by atoms with Gasteiger partial charge in [0.2, 0.25) is 27.7 Å². The van der Waals surface area contributed by atoms with Crippen LogP contribution < -0.4 is 24.8 Å². The number of hydrogen-bond donors (Lipinski definition) is 3. The minimum Gasteiger partial charge on any atom is -0.494 e. The van der Waals surface area contributed by atoms with Crippen LogP contribution in [0.2, 0.25) is 0 Å². The van der Waals surface area contributed by atoms with Crippen molar-refractivity contribution in [3.05, 3.63) is 42.4 Å². The second kappa shape index (κ2) is 17.1. The van der Waals surface area contributed by atoms with Crippen molar-refractivity contribution in [3.63, 3.8) is 0 Å². The van der Waals surface area contributed by atoms with Crippen LogP contribution in [0.5, 0.6) is 11.6 Å². The first-order chi connectivity index (χ1) is 29.3. The lowest BCUT2D eigenvalue weighted by atomic mass is 9.88. The van der Waals surface area contributed by atoms with E-state index in [9.17, 15) is 49.5 Å². The highest BCUT2D eigenvalue weighted by Gasteiger charge is 2.64.